The highest BCUT2D eigenvalue weighted by molar-refractivity contribution is 6.30. The molecule has 0 aliphatic carbocycles. The van der Waals surface area contributed by atoms with Gasteiger partial charge in [-0.25, -0.2) is 5.01 Å². The third-order valence-corrected chi connectivity index (χ3v) is 3.27. The van der Waals surface area contributed by atoms with Gasteiger partial charge in [0.15, 0.2) is 0 Å². The third-order valence-electron chi connectivity index (χ3n) is 3.04. The van der Waals surface area contributed by atoms with E-state index in [1.807, 2.05) is 0 Å². The number of nitrogens with one attached hydrogen (secondary N) is 1. The zero-order valence-corrected chi connectivity index (χ0v) is 10.7. The Labute approximate surface area is 107 Å². The second-order valence-electron chi connectivity index (χ2n) is 4.40. The second-order valence-corrected chi connectivity index (χ2v) is 4.83. The lowest BCUT2D eigenvalue weighted by Gasteiger charge is -2.32. The molecule has 2 N–H and O–H groups in total. The first kappa shape index (κ1) is 12.6. The van der Waals surface area contributed by atoms with Crippen molar-refractivity contribution < 1.29 is 5.11 Å². The predicted octanol–water partition coefficient (Wildman–Crippen LogP) is 1.30. The van der Waals surface area contributed by atoms with Crippen molar-refractivity contribution in [3.8, 4) is 5.75 Å². The van der Waals surface area contributed by atoms with Crippen LogP contribution in [0.15, 0.2) is 18.2 Å². The predicted molar refractivity (Wildman–Crippen MR) is 69.0 cm³/mol. The molecule has 5 heteroatoms. The number of aromatic hydroxyl groups is 1. The summed E-state index contributed by atoms with van der Waals surface area (Å²) in [5.41, 5.74) is 4.14. The minimum absolute atomic E-state index is 0.288. The summed E-state index contributed by atoms with van der Waals surface area (Å²) in [7, 11) is 2.13. The van der Waals surface area contributed by atoms with E-state index in [1.54, 1.807) is 18.2 Å². The molecule has 4 nitrogen and oxygen atoms in total. The van der Waals surface area contributed by atoms with Gasteiger partial charge in [0, 0.05) is 43.3 Å². The van der Waals surface area contributed by atoms with Crippen molar-refractivity contribution in [1.82, 2.24) is 15.3 Å². The van der Waals surface area contributed by atoms with Crippen molar-refractivity contribution >= 4 is 11.6 Å². The summed E-state index contributed by atoms with van der Waals surface area (Å²) in [5.74, 6) is 0.288. The first-order valence-corrected chi connectivity index (χ1v) is 6.17. The van der Waals surface area contributed by atoms with Crippen molar-refractivity contribution in [2.24, 2.45) is 0 Å². The van der Waals surface area contributed by atoms with Crippen molar-refractivity contribution in [2.45, 2.75) is 6.54 Å². The van der Waals surface area contributed by atoms with E-state index in [4.69, 9.17) is 11.6 Å². The number of halogens is 1. The summed E-state index contributed by atoms with van der Waals surface area (Å²) in [6, 6.07) is 5.11. The van der Waals surface area contributed by atoms with E-state index in [0.717, 1.165) is 31.7 Å². The van der Waals surface area contributed by atoms with Crippen LogP contribution in [-0.2, 0) is 6.54 Å². The van der Waals surface area contributed by atoms with E-state index >= 15 is 0 Å². The molecule has 1 aliphatic rings. The van der Waals surface area contributed by atoms with Gasteiger partial charge in [-0.1, -0.05) is 11.6 Å². The fourth-order valence-electron chi connectivity index (χ4n) is 1.86. The first-order valence-electron chi connectivity index (χ1n) is 5.79. The first-order chi connectivity index (χ1) is 8.15. The highest BCUT2D eigenvalue weighted by atomic mass is 35.5. The number of piperazine rings is 1. The Morgan fingerprint density at radius 1 is 1.29 bits per heavy atom. The van der Waals surface area contributed by atoms with Crippen LogP contribution in [0.25, 0.3) is 0 Å². The highest BCUT2D eigenvalue weighted by Gasteiger charge is 2.13. The number of hydrazine groups is 1. The zero-order chi connectivity index (χ0) is 12.3. The van der Waals surface area contributed by atoms with Crippen LogP contribution in [0.5, 0.6) is 5.75 Å². The standard InChI is InChI=1S/C12H18ClN3O/c1-15-4-6-16(7-5-15)14-9-10-8-11(13)2-3-12(10)17/h2-3,8,14,17H,4-7,9H2,1H3. The van der Waals surface area contributed by atoms with Crippen LogP contribution < -0.4 is 5.43 Å². The van der Waals surface area contributed by atoms with E-state index in [2.05, 4.69) is 22.4 Å². The Kier molecular flexibility index (Phi) is 4.23. The summed E-state index contributed by atoms with van der Waals surface area (Å²) in [6.07, 6.45) is 0. The Bertz CT molecular complexity index is 378. The molecule has 1 saturated heterocycles. The molecular formula is C12H18ClN3O. The van der Waals surface area contributed by atoms with E-state index in [0.29, 0.717) is 11.6 Å². The maximum atomic E-state index is 9.68. The summed E-state index contributed by atoms with van der Waals surface area (Å²) >= 11 is 5.90. The van der Waals surface area contributed by atoms with Gasteiger partial charge < -0.3 is 10.0 Å². The molecule has 0 spiro atoms. The van der Waals surface area contributed by atoms with E-state index in [9.17, 15) is 5.11 Å². The van der Waals surface area contributed by atoms with E-state index < -0.39 is 0 Å². The lowest BCUT2D eigenvalue weighted by Crippen LogP contribution is -2.50. The molecule has 1 aliphatic heterocycles. The van der Waals surface area contributed by atoms with Gasteiger partial charge in [0.25, 0.3) is 0 Å². The van der Waals surface area contributed by atoms with Crippen LogP contribution in [0.3, 0.4) is 0 Å². The van der Waals surface area contributed by atoms with Crippen LogP contribution in [0, 0.1) is 0 Å². The summed E-state index contributed by atoms with van der Waals surface area (Å²) < 4.78 is 0. The molecule has 1 fully saturated rings. The number of hydrogen-bond acceptors (Lipinski definition) is 4. The van der Waals surface area contributed by atoms with Gasteiger partial charge in [0.05, 0.1) is 0 Å². The minimum Gasteiger partial charge on any atom is -0.508 e. The average molecular weight is 256 g/mol. The topological polar surface area (TPSA) is 38.7 Å². The summed E-state index contributed by atoms with van der Waals surface area (Å²) in [4.78, 5) is 2.30. The fraction of sp³-hybridized carbons (Fsp3) is 0.500. The van der Waals surface area contributed by atoms with Crippen LogP contribution >= 0.6 is 11.6 Å². The van der Waals surface area contributed by atoms with Crippen LogP contribution in [-0.4, -0.2) is 48.2 Å². The zero-order valence-electron chi connectivity index (χ0n) is 9.99. The van der Waals surface area contributed by atoms with E-state index in [-0.39, 0.29) is 5.75 Å². The largest absolute Gasteiger partial charge is 0.508 e. The molecule has 1 heterocycles. The molecule has 94 valence electrons. The maximum absolute atomic E-state index is 9.68. The van der Waals surface area contributed by atoms with Gasteiger partial charge in [-0.05, 0) is 25.2 Å². The quantitative estimate of drug-likeness (QED) is 0.854. The second kappa shape index (κ2) is 5.69. The Balaban J connectivity index is 1.87. The number of phenolic OH excluding ortho intramolecular Hbond substituents is 1. The average Bonchev–Trinajstić information content (AvgIpc) is 2.32. The monoisotopic (exact) mass is 255 g/mol. The molecule has 0 amide bonds. The lowest BCUT2D eigenvalue weighted by molar-refractivity contribution is 0.102. The number of phenols is 1. The Hall–Kier alpha value is -0.810. The van der Waals surface area contributed by atoms with Crippen LogP contribution in [0.1, 0.15) is 5.56 Å². The van der Waals surface area contributed by atoms with Crippen LogP contribution in [0.2, 0.25) is 5.02 Å². The van der Waals surface area contributed by atoms with Crippen LogP contribution in [0.4, 0.5) is 0 Å². The molecule has 0 saturated carbocycles. The normalized spacial score (nSPS) is 18.5. The van der Waals surface area contributed by atoms with Gasteiger partial charge in [-0.15, -0.1) is 0 Å². The maximum Gasteiger partial charge on any atom is 0.120 e. The molecule has 0 radical (unpaired) electrons. The molecule has 1 aromatic rings. The van der Waals surface area contributed by atoms with Gasteiger partial charge in [0.1, 0.15) is 5.75 Å². The molecule has 1 aromatic carbocycles. The number of hydrogen-bond donors (Lipinski definition) is 2. The van der Waals surface area contributed by atoms with E-state index in [1.165, 1.54) is 0 Å². The van der Waals surface area contributed by atoms with Gasteiger partial charge in [0.2, 0.25) is 0 Å². The van der Waals surface area contributed by atoms with Crippen molar-refractivity contribution in [3.05, 3.63) is 28.8 Å². The van der Waals surface area contributed by atoms with Gasteiger partial charge in [-0.2, -0.15) is 0 Å². The molecule has 0 bridgehead atoms. The molecule has 0 atom stereocenters. The minimum atomic E-state index is 0.288. The van der Waals surface area contributed by atoms with Gasteiger partial charge in [-0.3, -0.25) is 5.43 Å². The third kappa shape index (κ3) is 3.57. The number of nitrogens with zero attached hydrogens (tertiary/aromatic N) is 2. The highest BCUT2D eigenvalue weighted by Crippen LogP contribution is 2.21. The number of likely N-dealkylation sites (N-methyl/N-ethyl adjacent to an activating group) is 1. The molecule has 17 heavy (non-hydrogen) atoms. The molecule has 2 rings (SSSR count). The Morgan fingerprint density at radius 2 is 2.00 bits per heavy atom. The molecule has 0 aromatic heterocycles. The number of rotatable bonds is 3. The summed E-state index contributed by atoms with van der Waals surface area (Å²) in [5, 5.41) is 12.5. The van der Waals surface area contributed by atoms with Crippen molar-refractivity contribution in [3.63, 3.8) is 0 Å². The molecular weight excluding hydrogens is 238 g/mol. The lowest BCUT2D eigenvalue weighted by atomic mass is 10.2. The van der Waals surface area contributed by atoms with Crippen molar-refractivity contribution in [1.29, 1.82) is 0 Å². The van der Waals surface area contributed by atoms with Crippen molar-refractivity contribution in [2.75, 3.05) is 33.2 Å². The number of benzene rings is 1. The summed E-state index contributed by atoms with van der Waals surface area (Å²) in [6.45, 7) is 4.73. The molecule has 0 unspecified atom stereocenters. The SMILES string of the molecule is CN1CCN(NCc2cc(Cl)ccc2O)CC1. The Morgan fingerprint density at radius 3 is 2.71 bits per heavy atom. The van der Waals surface area contributed by atoms with Gasteiger partial charge >= 0.3 is 0 Å². The fourth-order valence-corrected chi connectivity index (χ4v) is 2.05. The smallest absolute Gasteiger partial charge is 0.120 e.